The number of unbranched alkanes of at least 4 members (excludes halogenated alkanes) is 1. The first-order valence-corrected chi connectivity index (χ1v) is 11.9. The summed E-state index contributed by atoms with van der Waals surface area (Å²) in [5, 5.41) is 6.96. The van der Waals surface area contributed by atoms with Crippen LogP contribution < -0.4 is 15.4 Å². The van der Waals surface area contributed by atoms with Gasteiger partial charge < -0.3 is 20.3 Å². The van der Waals surface area contributed by atoms with E-state index >= 15 is 0 Å². The Labute approximate surface area is 183 Å². The minimum absolute atomic E-state index is 0.259. The molecule has 1 aromatic rings. The zero-order valence-electron chi connectivity index (χ0n) is 19.0. The Morgan fingerprint density at radius 1 is 1.03 bits per heavy atom. The van der Waals surface area contributed by atoms with E-state index in [1.165, 1.54) is 63.7 Å². The molecule has 0 amide bonds. The lowest BCUT2D eigenvalue weighted by molar-refractivity contribution is 0.245. The van der Waals surface area contributed by atoms with E-state index in [9.17, 15) is 0 Å². The molecule has 168 valence electrons. The molecule has 2 aliphatic rings. The summed E-state index contributed by atoms with van der Waals surface area (Å²) in [4.78, 5) is 10.1. The molecule has 1 aromatic carbocycles. The van der Waals surface area contributed by atoms with Crippen molar-refractivity contribution >= 4 is 5.96 Å². The number of hydrogen-bond acceptors (Lipinski definition) is 4. The molecule has 0 spiro atoms. The van der Waals surface area contributed by atoms with Crippen LogP contribution in [0, 0.1) is 0 Å². The van der Waals surface area contributed by atoms with E-state index in [1.54, 1.807) is 7.11 Å². The van der Waals surface area contributed by atoms with Crippen LogP contribution in [0.4, 0.5) is 0 Å². The zero-order valence-corrected chi connectivity index (χ0v) is 19.0. The third-order valence-corrected chi connectivity index (χ3v) is 6.24. The molecule has 2 N–H and O–H groups in total. The Morgan fingerprint density at radius 3 is 2.50 bits per heavy atom. The van der Waals surface area contributed by atoms with Crippen molar-refractivity contribution < 1.29 is 4.74 Å². The summed E-state index contributed by atoms with van der Waals surface area (Å²) in [6.07, 6.45) is 7.72. The maximum absolute atomic E-state index is 5.66. The van der Waals surface area contributed by atoms with Gasteiger partial charge in [0.1, 0.15) is 5.75 Å². The molecule has 1 atom stereocenters. The lowest BCUT2D eigenvalue weighted by Crippen LogP contribution is -2.39. The van der Waals surface area contributed by atoms with Crippen molar-refractivity contribution in [1.29, 1.82) is 0 Å². The highest BCUT2D eigenvalue weighted by Crippen LogP contribution is 2.31. The highest BCUT2D eigenvalue weighted by atomic mass is 16.5. The standard InChI is InChI=1S/C24H41N5O/c1-3-25-24(26-14-6-7-15-28-16-8-9-17-28)27-20-22(29-18-10-11-19-29)21-12-4-5-13-23(21)30-2/h4-5,12-13,22H,3,6-11,14-20H2,1-2H3,(H2,25,26,27). The Morgan fingerprint density at radius 2 is 1.77 bits per heavy atom. The second-order valence-electron chi connectivity index (χ2n) is 8.40. The first-order chi connectivity index (χ1) is 14.8. The van der Waals surface area contributed by atoms with Crippen molar-refractivity contribution in [3.8, 4) is 5.75 Å². The highest BCUT2D eigenvalue weighted by molar-refractivity contribution is 5.79. The minimum atomic E-state index is 0.259. The molecule has 0 aliphatic carbocycles. The van der Waals surface area contributed by atoms with Gasteiger partial charge in [-0.1, -0.05) is 18.2 Å². The second-order valence-corrected chi connectivity index (χ2v) is 8.40. The molecule has 2 fully saturated rings. The fourth-order valence-electron chi connectivity index (χ4n) is 4.60. The Kier molecular flexibility index (Phi) is 9.77. The van der Waals surface area contributed by atoms with Gasteiger partial charge in [0.15, 0.2) is 5.96 Å². The van der Waals surface area contributed by atoms with Gasteiger partial charge in [-0.3, -0.25) is 9.89 Å². The molecule has 0 aromatic heterocycles. The lowest BCUT2D eigenvalue weighted by Gasteiger charge is -2.28. The fourth-order valence-corrected chi connectivity index (χ4v) is 4.60. The van der Waals surface area contributed by atoms with Crippen LogP contribution in [-0.2, 0) is 0 Å². The predicted octanol–water partition coefficient (Wildman–Crippen LogP) is 3.26. The average molecular weight is 416 g/mol. The summed E-state index contributed by atoms with van der Waals surface area (Å²) in [6.45, 7) is 10.8. The largest absolute Gasteiger partial charge is 0.496 e. The quantitative estimate of drug-likeness (QED) is 0.330. The van der Waals surface area contributed by atoms with Crippen molar-refractivity contribution in [2.24, 2.45) is 4.99 Å². The van der Waals surface area contributed by atoms with Crippen LogP contribution >= 0.6 is 0 Å². The number of rotatable bonds is 11. The molecule has 30 heavy (non-hydrogen) atoms. The normalized spacial score (nSPS) is 19.2. The monoisotopic (exact) mass is 415 g/mol. The third kappa shape index (κ3) is 6.88. The van der Waals surface area contributed by atoms with Gasteiger partial charge in [-0.2, -0.15) is 0 Å². The summed E-state index contributed by atoms with van der Waals surface area (Å²) in [5.41, 5.74) is 1.24. The van der Waals surface area contributed by atoms with Crippen molar-refractivity contribution in [1.82, 2.24) is 20.4 Å². The number of guanidine groups is 1. The van der Waals surface area contributed by atoms with Gasteiger partial charge in [0.2, 0.25) is 0 Å². The number of benzene rings is 1. The minimum Gasteiger partial charge on any atom is -0.496 e. The van der Waals surface area contributed by atoms with Crippen molar-refractivity contribution in [3.05, 3.63) is 29.8 Å². The Balaban J connectivity index is 1.56. The molecule has 3 rings (SSSR count). The maximum Gasteiger partial charge on any atom is 0.191 e. The third-order valence-electron chi connectivity index (χ3n) is 6.24. The Bertz CT molecular complexity index is 638. The highest BCUT2D eigenvalue weighted by Gasteiger charge is 2.25. The van der Waals surface area contributed by atoms with Crippen molar-refractivity contribution in [3.63, 3.8) is 0 Å². The molecule has 2 saturated heterocycles. The number of aliphatic imine (C=N–C) groups is 1. The van der Waals surface area contributed by atoms with Gasteiger partial charge in [-0.25, -0.2) is 0 Å². The molecule has 0 saturated carbocycles. The first-order valence-electron chi connectivity index (χ1n) is 11.9. The van der Waals surface area contributed by atoms with Crippen LogP contribution in [0.1, 0.15) is 57.1 Å². The van der Waals surface area contributed by atoms with Crippen molar-refractivity contribution in [2.45, 2.75) is 51.5 Å². The fraction of sp³-hybridized carbons (Fsp3) is 0.708. The first kappa shape index (κ1) is 22.9. The van der Waals surface area contributed by atoms with Crippen LogP contribution in [0.5, 0.6) is 5.75 Å². The van der Waals surface area contributed by atoms with E-state index in [1.807, 2.05) is 6.07 Å². The Hall–Kier alpha value is -1.79. The van der Waals surface area contributed by atoms with Crippen LogP contribution in [0.25, 0.3) is 0 Å². The van der Waals surface area contributed by atoms with Crippen LogP contribution in [0.2, 0.25) is 0 Å². The van der Waals surface area contributed by atoms with Gasteiger partial charge in [0, 0.05) is 18.7 Å². The summed E-state index contributed by atoms with van der Waals surface area (Å²) in [6, 6.07) is 8.66. The van der Waals surface area contributed by atoms with Crippen LogP contribution in [-0.4, -0.2) is 75.2 Å². The van der Waals surface area contributed by atoms with E-state index in [2.05, 4.69) is 45.6 Å². The van der Waals surface area contributed by atoms with E-state index < -0.39 is 0 Å². The SMILES string of the molecule is CCNC(=NCC(c1ccccc1OC)N1CCCC1)NCCCCN1CCCC1. The molecular formula is C24H41N5O. The predicted molar refractivity (Wildman–Crippen MR) is 125 cm³/mol. The van der Waals surface area contributed by atoms with Gasteiger partial charge in [-0.05, 0) is 84.2 Å². The van der Waals surface area contributed by atoms with Gasteiger partial charge in [0.05, 0.1) is 19.7 Å². The summed E-state index contributed by atoms with van der Waals surface area (Å²) in [7, 11) is 1.76. The van der Waals surface area contributed by atoms with Crippen molar-refractivity contribution in [2.75, 3.05) is 59.5 Å². The summed E-state index contributed by atoms with van der Waals surface area (Å²) >= 11 is 0. The second kappa shape index (κ2) is 12.8. The van der Waals surface area contributed by atoms with E-state index in [4.69, 9.17) is 9.73 Å². The number of para-hydroxylation sites is 1. The smallest absolute Gasteiger partial charge is 0.191 e. The summed E-state index contributed by atoms with van der Waals surface area (Å²) < 4.78 is 5.66. The average Bonchev–Trinajstić information content (AvgIpc) is 3.48. The molecule has 0 bridgehead atoms. The zero-order chi connectivity index (χ0) is 21.0. The van der Waals surface area contributed by atoms with E-state index in [0.29, 0.717) is 0 Å². The van der Waals surface area contributed by atoms with E-state index in [-0.39, 0.29) is 6.04 Å². The van der Waals surface area contributed by atoms with Gasteiger partial charge >= 0.3 is 0 Å². The molecule has 0 radical (unpaired) electrons. The number of ether oxygens (including phenoxy) is 1. The maximum atomic E-state index is 5.66. The summed E-state index contributed by atoms with van der Waals surface area (Å²) in [5.74, 6) is 1.89. The molecule has 2 heterocycles. The molecule has 1 unspecified atom stereocenters. The molecule has 6 heteroatoms. The van der Waals surface area contributed by atoms with Gasteiger partial charge in [-0.15, -0.1) is 0 Å². The van der Waals surface area contributed by atoms with Crippen LogP contribution in [0.3, 0.4) is 0 Å². The number of nitrogens with zero attached hydrogens (tertiary/aromatic N) is 3. The van der Waals surface area contributed by atoms with Crippen LogP contribution in [0.15, 0.2) is 29.3 Å². The number of likely N-dealkylation sites (tertiary alicyclic amines) is 2. The molecule has 6 nitrogen and oxygen atoms in total. The number of nitrogens with one attached hydrogen (secondary N) is 2. The van der Waals surface area contributed by atoms with E-state index in [0.717, 1.165) is 44.4 Å². The van der Waals surface area contributed by atoms with Gasteiger partial charge in [0.25, 0.3) is 0 Å². The number of hydrogen-bond donors (Lipinski definition) is 2. The lowest BCUT2D eigenvalue weighted by atomic mass is 10.0. The number of methoxy groups -OCH3 is 1. The molecule has 2 aliphatic heterocycles. The molecular weight excluding hydrogens is 374 g/mol. The topological polar surface area (TPSA) is 52.1 Å².